The number of nitrogens with one attached hydrogen (secondary N) is 1. The van der Waals surface area contributed by atoms with Crippen molar-refractivity contribution in [2.45, 2.75) is 25.2 Å². The van der Waals surface area contributed by atoms with E-state index in [1.54, 1.807) is 4.90 Å². The van der Waals surface area contributed by atoms with Gasteiger partial charge in [0.05, 0.1) is 11.3 Å². The highest BCUT2D eigenvalue weighted by Gasteiger charge is 2.38. The van der Waals surface area contributed by atoms with Crippen LogP contribution in [0.15, 0.2) is 48.5 Å². The predicted molar refractivity (Wildman–Crippen MR) is 96.4 cm³/mol. The van der Waals surface area contributed by atoms with E-state index in [9.17, 15) is 18.0 Å². The van der Waals surface area contributed by atoms with Crippen molar-refractivity contribution >= 4 is 11.7 Å². The Balaban J connectivity index is 1.35. The zero-order valence-corrected chi connectivity index (χ0v) is 14.7. The van der Waals surface area contributed by atoms with Gasteiger partial charge in [0, 0.05) is 32.2 Å². The summed E-state index contributed by atoms with van der Waals surface area (Å²) < 4.78 is 39.2. The third-order valence-electron chi connectivity index (χ3n) is 5.30. The Morgan fingerprint density at radius 1 is 1.00 bits per heavy atom. The van der Waals surface area contributed by atoms with Crippen molar-refractivity contribution in [2.24, 2.45) is 0 Å². The van der Waals surface area contributed by atoms with Gasteiger partial charge in [-0.25, -0.2) is 4.79 Å². The SMILES string of the molecule is O=C(Nc1ccccc1C(F)(F)F)N1CC(N2CCc3ccccc3C2)C1. The molecule has 4 rings (SSSR count). The number of amides is 2. The van der Waals surface area contributed by atoms with Crippen LogP contribution in [0.5, 0.6) is 0 Å². The molecule has 0 atom stereocenters. The Morgan fingerprint density at radius 3 is 2.41 bits per heavy atom. The monoisotopic (exact) mass is 375 g/mol. The number of halogens is 3. The van der Waals surface area contributed by atoms with Crippen LogP contribution in [0.1, 0.15) is 16.7 Å². The van der Waals surface area contributed by atoms with Gasteiger partial charge in [-0.1, -0.05) is 36.4 Å². The lowest BCUT2D eigenvalue weighted by molar-refractivity contribution is -0.136. The van der Waals surface area contributed by atoms with Gasteiger partial charge in [0.2, 0.25) is 0 Å². The molecule has 0 aromatic heterocycles. The zero-order valence-electron chi connectivity index (χ0n) is 14.7. The number of carbonyl (C=O) groups excluding carboxylic acids is 1. The van der Waals surface area contributed by atoms with E-state index in [0.29, 0.717) is 13.1 Å². The smallest absolute Gasteiger partial charge is 0.321 e. The number of rotatable bonds is 2. The summed E-state index contributed by atoms with van der Waals surface area (Å²) in [5.74, 6) is 0. The molecule has 0 spiro atoms. The third kappa shape index (κ3) is 3.64. The molecule has 2 aromatic rings. The maximum absolute atomic E-state index is 13.1. The lowest BCUT2D eigenvalue weighted by Gasteiger charge is -2.46. The summed E-state index contributed by atoms with van der Waals surface area (Å²) in [6.07, 6.45) is -3.51. The first-order chi connectivity index (χ1) is 12.9. The van der Waals surface area contributed by atoms with Crippen LogP contribution in [0.2, 0.25) is 0 Å². The largest absolute Gasteiger partial charge is 0.418 e. The number of urea groups is 1. The second-order valence-electron chi connectivity index (χ2n) is 7.02. The fourth-order valence-corrected chi connectivity index (χ4v) is 3.71. The van der Waals surface area contributed by atoms with Gasteiger partial charge in [0.15, 0.2) is 0 Å². The Labute approximate surface area is 155 Å². The number of hydrogen-bond donors (Lipinski definition) is 1. The second-order valence-corrected chi connectivity index (χ2v) is 7.02. The van der Waals surface area contributed by atoms with Crippen LogP contribution in [0.3, 0.4) is 0 Å². The highest BCUT2D eigenvalue weighted by molar-refractivity contribution is 5.90. The van der Waals surface area contributed by atoms with Crippen LogP contribution < -0.4 is 5.32 Å². The van der Waals surface area contributed by atoms with Gasteiger partial charge in [-0.15, -0.1) is 0 Å². The highest BCUT2D eigenvalue weighted by atomic mass is 19.4. The van der Waals surface area contributed by atoms with E-state index in [0.717, 1.165) is 25.6 Å². The van der Waals surface area contributed by atoms with Gasteiger partial charge < -0.3 is 10.2 Å². The Hall–Kier alpha value is -2.54. The lowest BCUT2D eigenvalue weighted by Crippen LogP contribution is -2.62. The zero-order chi connectivity index (χ0) is 19.0. The summed E-state index contributed by atoms with van der Waals surface area (Å²) in [7, 11) is 0. The van der Waals surface area contributed by atoms with Crippen molar-refractivity contribution in [2.75, 3.05) is 25.0 Å². The van der Waals surface area contributed by atoms with E-state index in [4.69, 9.17) is 0 Å². The number of hydrogen-bond acceptors (Lipinski definition) is 2. The number of anilines is 1. The van der Waals surface area contributed by atoms with Crippen LogP contribution in [0.4, 0.5) is 23.7 Å². The van der Waals surface area contributed by atoms with E-state index in [2.05, 4.69) is 22.3 Å². The van der Waals surface area contributed by atoms with Gasteiger partial charge in [0.25, 0.3) is 0 Å². The van der Waals surface area contributed by atoms with Crippen molar-refractivity contribution < 1.29 is 18.0 Å². The molecular formula is C20H20F3N3O. The average molecular weight is 375 g/mol. The van der Waals surface area contributed by atoms with E-state index in [-0.39, 0.29) is 11.7 Å². The van der Waals surface area contributed by atoms with Gasteiger partial charge in [0.1, 0.15) is 0 Å². The predicted octanol–water partition coefficient (Wildman–Crippen LogP) is 3.98. The standard InChI is InChI=1S/C20H20F3N3O/c21-20(22,23)17-7-3-4-8-18(17)24-19(27)26-12-16(13-26)25-10-9-14-5-1-2-6-15(14)11-25/h1-8,16H,9-13H2,(H,24,27). The third-order valence-corrected chi connectivity index (χ3v) is 5.30. The van der Waals surface area contributed by atoms with Crippen molar-refractivity contribution in [3.8, 4) is 0 Å². The molecule has 2 aromatic carbocycles. The number of nitrogens with zero attached hydrogens (tertiary/aromatic N) is 2. The molecule has 0 radical (unpaired) electrons. The van der Waals surface area contributed by atoms with Gasteiger partial charge in [-0.05, 0) is 29.7 Å². The fourth-order valence-electron chi connectivity index (χ4n) is 3.71. The molecule has 2 aliphatic rings. The molecule has 7 heteroatoms. The molecule has 27 heavy (non-hydrogen) atoms. The molecule has 0 saturated carbocycles. The first kappa shape index (κ1) is 17.9. The molecule has 142 valence electrons. The molecule has 1 N–H and O–H groups in total. The van der Waals surface area contributed by atoms with Gasteiger partial charge >= 0.3 is 12.2 Å². The molecule has 4 nitrogen and oxygen atoms in total. The van der Waals surface area contributed by atoms with Crippen LogP contribution in [-0.4, -0.2) is 41.5 Å². The number of fused-ring (bicyclic) bond motifs is 1. The van der Waals surface area contributed by atoms with Crippen LogP contribution in [-0.2, 0) is 19.1 Å². The van der Waals surface area contributed by atoms with Gasteiger partial charge in [-0.3, -0.25) is 4.90 Å². The summed E-state index contributed by atoms with van der Waals surface area (Å²) in [5.41, 5.74) is 1.64. The molecule has 2 amide bonds. The number of alkyl halides is 3. The minimum Gasteiger partial charge on any atom is -0.321 e. The second kappa shape index (κ2) is 6.88. The lowest BCUT2D eigenvalue weighted by atomic mass is 9.97. The molecule has 0 aliphatic carbocycles. The Kier molecular flexibility index (Phi) is 4.55. The van der Waals surface area contributed by atoms with Gasteiger partial charge in [-0.2, -0.15) is 13.2 Å². The van der Waals surface area contributed by atoms with Crippen molar-refractivity contribution in [1.82, 2.24) is 9.80 Å². The quantitative estimate of drug-likeness (QED) is 0.862. The molecule has 0 bridgehead atoms. The van der Waals surface area contributed by atoms with Crippen molar-refractivity contribution in [1.29, 1.82) is 0 Å². The van der Waals surface area contributed by atoms with Crippen molar-refractivity contribution in [3.63, 3.8) is 0 Å². The van der Waals surface area contributed by atoms with E-state index in [1.807, 2.05) is 12.1 Å². The van der Waals surface area contributed by atoms with Crippen LogP contribution >= 0.6 is 0 Å². The molecular weight excluding hydrogens is 355 g/mol. The average Bonchev–Trinajstić information content (AvgIpc) is 2.60. The summed E-state index contributed by atoms with van der Waals surface area (Å²) >= 11 is 0. The topological polar surface area (TPSA) is 35.6 Å². The Morgan fingerprint density at radius 2 is 1.67 bits per heavy atom. The normalized spacial score (nSPS) is 18.0. The minimum atomic E-state index is -4.50. The number of para-hydroxylation sites is 1. The number of carbonyl (C=O) groups is 1. The highest BCUT2D eigenvalue weighted by Crippen LogP contribution is 2.35. The van der Waals surface area contributed by atoms with E-state index < -0.39 is 17.8 Å². The summed E-state index contributed by atoms with van der Waals surface area (Å²) in [4.78, 5) is 16.2. The molecule has 1 saturated heterocycles. The number of likely N-dealkylation sites (tertiary alicyclic amines) is 1. The van der Waals surface area contributed by atoms with Crippen molar-refractivity contribution in [3.05, 3.63) is 65.2 Å². The summed E-state index contributed by atoms with van der Waals surface area (Å²) in [6, 6.07) is 13.1. The van der Waals surface area contributed by atoms with Crippen LogP contribution in [0.25, 0.3) is 0 Å². The molecule has 0 unspecified atom stereocenters. The number of benzene rings is 2. The van der Waals surface area contributed by atoms with Crippen LogP contribution in [0, 0.1) is 0 Å². The molecule has 2 aliphatic heterocycles. The maximum Gasteiger partial charge on any atom is 0.418 e. The molecule has 2 heterocycles. The summed E-state index contributed by atoms with van der Waals surface area (Å²) in [5, 5.41) is 2.41. The minimum absolute atomic E-state index is 0.203. The molecule has 1 fully saturated rings. The summed E-state index contributed by atoms with van der Waals surface area (Å²) in [6.45, 7) is 2.85. The maximum atomic E-state index is 13.1. The first-order valence-electron chi connectivity index (χ1n) is 8.95. The fraction of sp³-hybridized carbons (Fsp3) is 0.350. The first-order valence-corrected chi connectivity index (χ1v) is 8.95. The van der Waals surface area contributed by atoms with E-state index in [1.165, 1.54) is 29.3 Å². The Bertz CT molecular complexity index is 846. The van der Waals surface area contributed by atoms with E-state index >= 15 is 0 Å².